The van der Waals surface area contributed by atoms with E-state index in [0.717, 1.165) is 28.6 Å². The lowest BCUT2D eigenvalue weighted by atomic mass is 10.2. The van der Waals surface area contributed by atoms with Crippen LogP contribution < -0.4 is 4.31 Å². The van der Waals surface area contributed by atoms with Gasteiger partial charge in [-0.2, -0.15) is 13.2 Å². The number of hydrogen-bond donors (Lipinski definition) is 1. The fourth-order valence-electron chi connectivity index (χ4n) is 2.43. The van der Waals surface area contributed by atoms with Crippen molar-refractivity contribution >= 4 is 21.7 Å². The molecule has 0 radical (unpaired) electrons. The molecule has 2 rings (SSSR count). The zero-order chi connectivity index (χ0) is 21.7. The molecule has 0 aliphatic carbocycles. The summed E-state index contributed by atoms with van der Waals surface area (Å²) < 4.78 is 70.7. The van der Waals surface area contributed by atoms with Crippen LogP contribution in [0.4, 0.5) is 18.9 Å². The van der Waals surface area contributed by atoms with Crippen LogP contribution in [0.25, 0.3) is 0 Å². The number of carbonyl (C=O) groups is 1. The van der Waals surface area contributed by atoms with Gasteiger partial charge in [0.25, 0.3) is 10.0 Å². The van der Waals surface area contributed by atoms with E-state index < -0.39 is 34.3 Å². The SMILES string of the molecule is C=CCN(c1cccc(C(F)(F)F)c1)S(=O)(=O)c1cccc(C(=O)OCCO)c1. The Morgan fingerprint density at radius 2 is 1.86 bits per heavy atom. The summed E-state index contributed by atoms with van der Waals surface area (Å²) >= 11 is 0. The average molecular weight is 429 g/mol. The first kappa shape index (κ1) is 22.4. The van der Waals surface area contributed by atoms with Crippen molar-refractivity contribution in [2.24, 2.45) is 0 Å². The van der Waals surface area contributed by atoms with Crippen LogP contribution in [0.3, 0.4) is 0 Å². The highest BCUT2D eigenvalue weighted by Crippen LogP contribution is 2.33. The van der Waals surface area contributed by atoms with Gasteiger partial charge in [0.1, 0.15) is 6.61 Å². The van der Waals surface area contributed by atoms with Gasteiger partial charge in [0.05, 0.1) is 34.9 Å². The van der Waals surface area contributed by atoms with Crippen molar-refractivity contribution in [2.45, 2.75) is 11.1 Å². The lowest BCUT2D eigenvalue weighted by molar-refractivity contribution is -0.137. The third kappa shape index (κ3) is 5.36. The van der Waals surface area contributed by atoms with E-state index in [0.29, 0.717) is 0 Å². The topological polar surface area (TPSA) is 83.9 Å². The minimum Gasteiger partial charge on any atom is -0.460 e. The standard InChI is InChI=1S/C19H18F3NO5S/c1-2-9-23(16-7-4-6-15(13-16)19(20,21)22)29(26,27)17-8-3-5-14(12-17)18(25)28-11-10-24/h2-8,12-13,24H,1,9-11H2. The largest absolute Gasteiger partial charge is 0.460 e. The zero-order valence-corrected chi connectivity index (χ0v) is 15.9. The Morgan fingerprint density at radius 3 is 2.48 bits per heavy atom. The number of sulfonamides is 1. The Morgan fingerprint density at radius 1 is 1.17 bits per heavy atom. The molecule has 6 nitrogen and oxygen atoms in total. The zero-order valence-electron chi connectivity index (χ0n) is 15.1. The normalized spacial score (nSPS) is 11.7. The molecule has 2 aromatic carbocycles. The highest BCUT2D eigenvalue weighted by Gasteiger charge is 2.32. The average Bonchev–Trinajstić information content (AvgIpc) is 2.69. The van der Waals surface area contributed by atoms with Crippen molar-refractivity contribution in [3.8, 4) is 0 Å². The molecular formula is C19H18F3NO5S. The summed E-state index contributed by atoms with van der Waals surface area (Å²) in [6.07, 6.45) is -3.41. The molecule has 0 aromatic heterocycles. The van der Waals surface area contributed by atoms with Crippen LogP contribution in [0.5, 0.6) is 0 Å². The number of alkyl halides is 3. The summed E-state index contributed by atoms with van der Waals surface area (Å²) in [7, 11) is -4.32. The van der Waals surface area contributed by atoms with Crippen LogP contribution in [0.1, 0.15) is 15.9 Å². The minimum absolute atomic E-state index is 0.0814. The maximum Gasteiger partial charge on any atom is 0.416 e. The molecule has 0 aliphatic rings. The molecule has 0 amide bonds. The molecule has 0 unspecified atom stereocenters. The van der Waals surface area contributed by atoms with Gasteiger partial charge in [0.2, 0.25) is 0 Å². The lowest BCUT2D eigenvalue weighted by Gasteiger charge is -2.24. The second-order valence-corrected chi connectivity index (χ2v) is 7.62. The molecule has 2 aromatic rings. The van der Waals surface area contributed by atoms with Crippen molar-refractivity contribution in [3.05, 3.63) is 72.3 Å². The van der Waals surface area contributed by atoms with Crippen molar-refractivity contribution in [1.29, 1.82) is 0 Å². The number of esters is 1. The minimum atomic E-state index is -4.64. The number of benzene rings is 2. The second kappa shape index (κ2) is 9.10. The Labute approximate surface area is 165 Å². The van der Waals surface area contributed by atoms with Gasteiger partial charge >= 0.3 is 12.1 Å². The van der Waals surface area contributed by atoms with E-state index in [-0.39, 0.29) is 29.3 Å². The van der Waals surface area contributed by atoms with Gasteiger partial charge in [-0.3, -0.25) is 4.31 Å². The van der Waals surface area contributed by atoms with E-state index >= 15 is 0 Å². The molecule has 0 saturated heterocycles. The molecule has 29 heavy (non-hydrogen) atoms. The van der Waals surface area contributed by atoms with Crippen LogP contribution >= 0.6 is 0 Å². The maximum atomic E-state index is 13.1. The molecule has 1 N–H and O–H groups in total. The predicted octanol–water partition coefficient (Wildman–Crippen LogP) is 3.24. The second-order valence-electron chi connectivity index (χ2n) is 5.76. The van der Waals surface area contributed by atoms with Gasteiger partial charge < -0.3 is 9.84 Å². The van der Waals surface area contributed by atoms with E-state index in [4.69, 9.17) is 9.84 Å². The number of carbonyl (C=O) groups excluding carboxylic acids is 1. The highest BCUT2D eigenvalue weighted by atomic mass is 32.2. The summed E-state index contributed by atoms with van der Waals surface area (Å²) in [6.45, 7) is 2.51. The van der Waals surface area contributed by atoms with E-state index in [1.54, 1.807) is 0 Å². The Kier molecular flexibility index (Phi) is 7.04. The molecule has 0 fully saturated rings. The molecule has 10 heteroatoms. The summed E-state index contributed by atoms with van der Waals surface area (Å²) in [5.74, 6) is -0.842. The number of hydrogen-bond acceptors (Lipinski definition) is 5. The fraction of sp³-hybridized carbons (Fsp3) is 0.211. The predicted molar refractivity (Wildman–Crippen MR) is 100.0 cm³/mol. The van der Waals surface area contributed by atoms with Crippen molar-refractivity contribution in [1.82, 2.24) is 0 Å². The Bertz CT molecular complexity index is 989. The van der Waals surface area contributed by atoms with Gasteiger partial charge in [-0.05, 0) is 36.4 Å². The quantitative estimate of drug-likeness (QED) is 0.515. The summed E-state index contributed by atoms with van der Waals surface area (Å²) in [4.78, 5) is 11.6. The van der Waals surface area contributed by atoms with E-state index in [1.807, 2.05) is 0 Å². The molecule has 0 bridgehead atoms. The highest BCUT2D eigenvalue weighted by molar-refractivity contribution is 7.92. The number of rotatable bonds is 8. The molecule has 0 atom stereocenters. The fourth-order valence-corrected chi connectivity index (χ4v) is 3.90. The van der Waals surface area contributed by atoms with Crippen LogP contribution in [0.2, 0.25) is 0 Å². The van der Waals surface area contributed by atoms with E-state index in [2.05, 4.69) is 6.58 Å². The van der Waals surface area contributed by atoms with Crippen molar-refractivity contribution in [3.63, 3.8) is 0 Å². The molecule has 0 heterocycles. The van der Waals surface area contributed by atoms with Gasteiger partial charge in [-0.1, -0.05) is 18.2 Å². The first-order chi connectivity index (χ1) is 13.6. The molecule has 0 aliphatic heterocycles. The van der Waals surface area contributed by atoms with Gasteiger partial charge in [-0.25, -0.2) is 13.2 Å². The lowest BCUT2D eigenvalue weighted by Crippen LogP contribution is -2.31. The Hall–Kier alpha value is -2.85. The number of ether oxygens (including phenoxy) is 1. The monoisotopic (exact) mass is 429 g/mol. The number of halogens is 3. The number of nitrogens with zero attached hydrogens (tertiary/aromatic N) is 1. The van der Waals surface area contributed by atoms with Gasteiger partial charge in [0, 0.05) is 0 Å². The van der Waals surface area contributed by atoms with Crippen molar-refractivity contribution < 1.29 is 36.2 Å². The van der Waals surface area contributed by atoms with Gasteiger partial charge in [0.15, 0.2) is 0 Å². The maximum absolute atomic E-state index is 13.1. The van der Waals surface area contributed by atoms with Crippen molar-refractivity contribution in [2.75, 3.05) is 24.1 Å². The van der Waals surface area contributed by atoms with Crippen LogP contribution in [0, 0.1) is 0 Å². The van der Waals surface area contributed by atoms with Gasteiger partial charge in [-0.15, -0.1) is 6.58 Å². The molecule has 0 saturated carbocycles. The van der Waals surface area contributed by atoms with E-state index in [1.165, 1.54) is 30.3 Å². The summed E-state index contributed by atoms with van der Waals surface area (Å²) in [6, 6.07) is 8.78. The van der Waals surface area contributed by atoms with Crippen LogP contribution in [-0.2, 0) is 20.9 Å². The first-order valence-electron chi connectivity index (χ1n) is 8.30. The Balaban J connectivity index is 2.48. The first-order valence-corrected chi connectivity index (χ1v) is 9.74. The summed E-state index contributed by atoms with van der Waals surface area (Å²) in [5, 5.41) is 8.71. The molecular weight excluding hydrogens is 411 g/mol. The number of aliphatic hydroxyl groups excluding tert-OH is 1. The molecule has 156 valence electrons. The smallest absolute Gasteiger partial charge is 0.416 e. The third-order valence-electron chi connectivity index (χ3n) is 3.74. The summed E-state index contributed by atoms with van der Waals surface area (Å²) in [5.41, 5.74) is -1.28. The molecule has 0 spiro atoms. The number of aliphatic hydroxyl groups is 1. The van der Waals surface area contributed by atoms with Crippen LogP contribution in [-0.4, -0.2) is 39.3 Å². The third-order valence-corrected chi connectivity index (χ3v) is 5.53. The van der Waals surface area contributed by atoms with Crippen LogP contribution in [0.15, 0.2) is 66.1 Å². The van der Waals surface area contributed by atoms with E-state index in [9.17, 15) is 26.4 Å². The number of anilines is 1.